The molecule has 1 fully saturated rings. The second-order valence-corrected chi connectivity index (χ2v) is 4.11. The molecule has 13 heavy (non-hydrogen) atoms. The van der Waals surface area contributed by atoms with E-state index in [9.17, 15) is 0 Å². The molecule has 1 saturated heterocycles. The molecular weight excluding hydrogens is 164 g/mol. The summed E-state index contributed by atoms with van der Waals surface area (Å²) < 4.78 is 0. The predicted molar refractivity (Wildman–Crippen MR) is 54.8 cm³/mol. The predicted octanol–water partition coefficient (Wildman–Crippen LogP) is 0.299. The Hall–Kier alpha value is -0.120. The van der Waals surface area contributed by atoms with Gasteiger partial charge in [0.25, 0.3) is 0 Å². The van der Waals surface area contributed by atoms with E-state index in [0.717, 1.165) is 32.6 Å². The average molecular weight is 186 g/mol. The van der Waals surface area contributed by atoms with Crippen LogP contribution in [-0.4, -0.2) is 48.8 Å². The minimum Gasteiger partial charge on any atom is -0.396 e. The maximum atomic E-state index is 8.97. The number of rotatable bonds is 4. The lowest BCUT2D eigenvalue weighted by Gasteiger charge is -2.37. The summed E-state index contributed by atoms with van der Waals surface area (Å²) >= 11 is 0. The van der Waals surface area contributed by atoms with Crippen molar-refractivity contribution < 1.29 is 5.11 Å². The van der Waals surface area contributed by atoms with E-state index in [-0.39, 0.29) is 0 Å². The van der Waals surface area contributed by atoms with Crippen LogP contribution in [0.1, 0.15) is 20.3 Å². The molecule has 1 unspecified atom stereocenters. The highest BCUT2D eigenvalue weighted by atomic mass is 16.3. The smallest absolute Gasteiger partial charge is 0.0446 e. The van der Waals surface area contributed by atoms with Crippen LogP contribution in [0.25, 0.3) is 0 Å². The first-order valence-corrected chi connectivity index (χ1v) is 5.31. The monoisotopic (exact) mass is 186 g/mol. The maximum Gasteiger partial charge on any atom is 0.0446 e. The third kappa shape index (κ3) is 3.25. The molecule has 0 aromatic rings. The minimum absolute atomic E-state index is 0.312. The second-order valence-electron chi connectivity index (χ2n) is 4.11. The fraction of sp³-hybridized carbons (Fsp3) is 1.00. The fourth-order valence-corrected chi connectivity index (χ4v) is 2.08. The Balaban J connectivity index is 2.41. The van der Waals surface area contributed by atoms with E-state index in [4.69, 9.17) is 5.11 Å². The van der Waals surface area contributed by atoms with E-state index in [1.807, 2.05) is 0 Å². The maximum absolute atomic E-state index is 8.97. The normalized spacial score (nSPS) is 22.2. The standard InChI is InChI=1S/C10H22N2O/c1-9(2)10(3-8-13)12-6-4-11-5-7-12/h9-11,13H,3-8H2,1-2H3. The van der Waals surface area contributed by atoms with Gasteiger partial charge in [0.15, 0.2) is 0 Å². The summed E-state index contributed by atoms with van der Waals surface area (Å²) in [5, 5.41) is 12.3. The van der Waals surface area contributed by atoms with E-state index in [1.54, 1.807) is 0 Å². The number of aliphatic hydroxyl groups excluding tert-OH is 1. The molecule has 3 heteroatoms. The summed E-state index contributed by atoms with van der Waals surface area (Å²) in [7, 11) is 0. The van der Waals surface area contributed by atoms with Crippen molar-refractivity contribution in [3.8, 4) is 0 Å². The summed E-state index contributed by atoms with van der Waals surface area (Å²) in [5.74, 6) is 0.644. The number of hydrogen-bond donors (Lipinski definition) is 2. The Morgan fingerprint density at radius 3 is 2.38 bits per heavy atom. The Morgan fingerprint density at radius 2 is 1.92 bits per heavy atom. The third-order valence-electron chi connectivity index (χ3n) is 2.82. The van der Waals surface area contributed by atoms with Crippen molar-refractivity contribution in [1.82, 2.24) is 10.2 Å². The summed E-state index contributed by atoms with van der Waals surface area (Å²) in [6.07, 6.45) is 0.914. The van der Waals surface area contributed by atoms with Crippen LogP contribution >= 0.6 is 0 Å². The SMILES string of the molecule is CC(C)C(CCO)N1CCNCC1. The van der Waals surface area contributed by atoms with Crippen molar-refractivity contribution in [2.45, 2.75) is 26.3 Å². The van der Waals surface area contributed by atoms with Gasteiger partial charge in [0.2, 0.25) is 0 Å². The molecule has 0 bridgehead atoms. The van der Waals surface area contributed by atoms with Crippen molar-refractivity contribution in [3.63, 3.8) is 0 Å². The summed E-state index contributed by atoms with van der Waals surface area (Å²) in [6, 6.07) is 0.562. The van der Waals surface area contributed by atoms with Gasteiger partial charge in [0.1, 0.15) is 0 Å². The zero-order valence-electron chi connectivity index (χ0n) is 8.79. The van der Waals surface area contributed by atoms with Gasteiger partial charge in [0.05, 0.1) is 0 Å². The fourth-order valence-electron chi connectivity index (χ4n) is 2.08. The van der Waals surface area contributed by atoms with Crippen molar-refractivity contribution >= 4 is 0 Å². The molecule has 0 aliphatic carbocycles. The minimum atomic E-state index is 0.312. The van der Waals surface area contributed by atoms with E-state index in [0.29, 0.717) is 18.6 Å². The molecule has 0 aromatic carbocycles. The first-order valence-electron chi connectivity index (χ1n) is 5.31. The molecule has 0 saturated carbocycles. The van der Waals surface area contributed by atoms with Gasteiger partial charge in [-0.1, -0.05) is 13.8 Å². The first-order chi connectivity index (χ1) is 6.25. The summed E-state index contributed by atoms with van der Waals surface area (Å²) in [5.41, 5.74) is 0. The third-order valence-corrected chi connectivity index (χ3v) is 2.82. The molecule has 3 nitrogen and oxygen atoms in total. The summed E-state index contributed by atoms with van der Waals surface area (Å²) in [6.45, 7) is 9.23. The van der Waals surface area contributed by atoms with Crippen LogP contribution in [0, 0.1) is 5.92 Å². The van der Waals surface area contributed by atoms with Gasteiger partial charge >= 0.3 is 0 Å². The lowest BCUT2D eigenvalue weighted by molar-refractivity contribution is 0.109. The Kier molecular flexibility index (Phi) is 4.70. The van der Waals surface area contributed by atoms with Gasteiger partial charge < -0.3 is 10.4 Å². The van der Waals surface area contributed by atoms with Crippen LogP contribution in [0.3, 0.4) is 0 Å². The molecule has 78 valence electrons. The average Bonchev–Trinajstić information content (AvgIpc) is 2.15. The molecule has 1 heterocycles. The van der Waals surface area contributed by atoms with Crippen LogP contribution in [0.5, 0.6) is 0 Å². The molecule has 0 aromatic heterocycles. The first kappa shape index (κ1) is 11.0. The molecule has 2 N–H and O–H groups in total. The van der Waals surface area contributed by atoms with Crippen LogP contribution in [0.4, 0.5) is 0 Å². The van der Waals surface area contributed by atoms with Gasteiger partial charge in [-0.25, -0.2) is 0 Å². The zero-order valence-corrected chi connectivity index (χ0v) is 8.79. The quantitative estimate of drug-likeness (QED) is 0.663. The zero-order chi connectivity index (χ0) is 9.68. The van der Waals surface area contributed by atoms with Gasteiger partial charge in [0, 0.05) is 38.8 Å². The van der Waals surface area contributed by atoms with E-state index >= 15 is 0 Å². The van der Waals surface area contributed by atoms with Gasteiger partial charge in [-0.3, -0.25) is 4.90 Å². The number of piperazine rings is 1. The molecular formula is C10H22N2O. The number of hydrogen-bond acceptors (Lipinski definition) is 3. The highest BCUT2D eigenvalue weighted by Gasteiger charge is 2.22. The van der Waals surface area contributed by atoms with Crippen molar-refractivity contribution in [2.75, 3.05) is 32.8 Å². The Morgan fingerprint density at radius 1 is 1.31 bits per heavy atom. The lowest BCUT2D eigenvalue weighted by atomic mass is 9.99. The Bertz CT molecular complexity index is 133. The topological polar surface area (TPSA) is 35.5 Å². The van der Waals surface area contributed by atoms with E-state index in [2.05, 4.69) is 24.1 Å². The largest absolute Gasteiger partial charge is 0.396 e. The van der Waals surface area contributed by atoms with Gasteiger partial charge in [-0.2, -0.15) is 0 Å². The second kappa shape index (κ2) is 5.58. The highest BCUT2D eigenvalue weighted by molar-refractivity contribution is 4.78. The van der Waals surface area contributed by atoms with Crippen LogP contribution in [0.15, 0.2) is 0 Å². The number of aliphatic hydroxyl groups is 1. The molecule has 0 radical (unpaired) electrons. The van der Waals surface area contributed by atoms with Crippen LogP contribution in [-0.2, 0) is 0 Å². The van der Waals surface area contributed by atoms with Gasteiger partial charge in [-0.15, -0.1) is 0 Å². The highest BCUT2D eigenvalue weighted by Crippen LogP contribution is 2.14. The molecule has 1 aliphatic rings. The molecule has 0 amide bonds. The van der Waals surface area contributed by atoms with E-state index in [1.165, 1.54) is 0 Å². The Labute approximate surface area is 81.1 Å². The number of nitrogens with zero attached hydrogens (tertiary/aromatic N) is 1. The molecule has 1 aliphatic heterocycles. The molecule has 1 atom stereocenters. The van der Waals surface area contributed by atoms with Crippen molar-refractivity contribution in [3.05, 3.63) is 0 Å². The molecule has 1 rings (SSSR count). The van der Waals surface area contributed by atoms with Crippen LogP contribution < -0.4 is 5.32 Å². The molecule has 0 spiro atoms. The lowest BCUT2D eigenvalue weighted by Crippen LogP contribution is -2.50. The van der Waals surface area contributed by atoms with Crippen molar-refractivity contribution in [2.24, 2.45) is 5.92 Å². The van der Waals surface area contributed by atoms with Crippen molar-refractivity contribution in [1.29, 1.82) is 0 Å². The summed E-state index contributed by atoms with van der Waals surface area (Å²) in [4.78, 5) is 2.50. The number of nitrogens with one attached hydrogen (secondary N) is 1. The van der Waals surface area contributed by atoms with E-state index < -0.39 is 0 Å². The van der Waals surface area contributed by atoms with Crippen LogP contribution in [0.2, 0.25) is 0 Å². The van der Waals surface area contributed by atoms with Gasteiger partial charge in [-0.05, 0) is 12.3 Å².